The number of aryl methyl sites for hydroxylation is 3. The number of furan rings is 1. The predicted molar refractivity (Wildman–Crippen MR) is 102 cm³/mol. The highest BCUT2D eigenvalue weighted by atomic mass is 16.5. The van der Waals surface area contributed by atoms with Crippen LogP contribution in [0.15, 0.2) is 46.9 Å². The van der Waals surface area contributed by atoms with Gasteiger partial charge in [-0.15, -0.1) is 0 Å². The van der Waals surface area contributed by atoms with Crippen molar-refractivity contribution in [1.29, 1.82) is 0 Å². The lowest BCUT2D eigenvalue weighted by Crippen LogP contribution is -2.14. The van der Waals surface area contributed by atoms with Gasteiger partial charge in [-0.1, -0.05) is 6.07 Å². The molecule has 136 valence electrons. The summed E-state index contributed by atoms with van der Waals surface area (Å²) in [5, 5.41) is 5.65. The molecule has 6 heteroatoms. The number of hydrogen-bond donors (Lipinski definition) is 2. The zero-order valence-electron chi connectivity index (χ0n) is 15.2. The summed E-state index contributed by atoms with van der Waals surface area (Å²) in [4.78, 5) is 25.1. The lowest BCUT2D eigenvalue weighted by molar-refractivity contribution is 0.101. The number of rotatable bonds is 2. The maximum atomic E-state index is 12.6. The van der Waals surface area contributed by atoms with Gasteiger partial charge in [0.05, 0.1) is 16.8 Å². The molecule has 2 aromatic carbocycles. The Balaban J connectivity index is 1.64. The van der Waals surface area contributed by atoms with Gasteiger partial charge in [0.15, 0.2) is 5.75 Å². The SMILES string of the molecule is Cc1ccc2c(c1)NC(=O)c1cc(NC(=O)c3cc(C)oc3C)ccc1O2. The molecule has 0 spiro atoms. The Morgan fingerprint density at radius 2 is 1.78 bits per heavy atom. The molecule has 0 bridgehead atoms. The number of benzene rings is 2. The highest BCUT2D eigenvalue weighted by Gasteiger charge is 2.22. The highest BCUT2D eigenvalue weighted by Crippen LogP contribution is 2.37. The van der Waals surface area contributed by atoms with Crippen LogP contribution in [0.3, 0.4) is 0 Å². The Bertz CT molecular complexity index is 1080. The van der Waals surface area contributed by atoms with Gasteiger partial charge in [0.2, 0.25) is 0 Å². The van der Waals surface area contributed by atoms with Crippen molar-refractivity contribution < 1.29 is 18.7 Å². The second-order valence-corrected chi connectivity index (χ2v) is 6.55. The minimum absolute atomic E-state index is 0.291. The second-order valence-electron chi connectivity index (χ2n) is 6.55. The molecule has 6 nitrogen and oxygen atoms in total. The van der Waals surface area contributed by atoms with Gasteiger partial charge in [0, 0.05) is 5.69 Å². The standard InChI is InChI=1S/C21H18N2O4/c1-11-4-6-19-17(8-11)23-21(25)16-10-14(5-7-18(16)27-19)22-20(24)15-9-12(2)26-13(15)3/h4-10H,1-3H3,(H,22,24)(H,23,25). The molecule has 0 atom stereocenters. The first-order valence-electron chi connectivity index (χ1n) is 8.53. The molecule has 2 amide bonds. The smallest absolute Gasteiger partial charge is 0.259 e. The molecular weight excluding hydrogens is 344 g/mol. The summed E-state index contributed by atoms with van der Waals surface area (Å²) >= 11 is 0. The van der Waals surface area contributed by atoms with Gasteiger partial charge in [-0.25, -0.2) is 0 Å². The summed E-state index contributed by atoms with van der Waals surface area (Å²) in [7, 11) is 0. The van der Waals surface area contributed by atoms with E-state index < -0.39 is 0 Å². The van der Waals surface area contributed by atoms with E-state index in [9.17, 15) is 9.59 Å². The second kappa shape index (κ2) is 6.32. The number of nitrogens with one attached hydrogen (secondary N) is 2. The van der Waals surface area contributed by atoms with Gasteiger partial charge < -0.3 is 19.8 Å². The van der Waals surface area contributed by atoms with Gasteiger partial charge in [0.1, 0.15) is 17.3 Å². The minimum atomic E-state index is -0.293. The Morgan fingerprint density at radius 1 is 1.00 bits per heavy atom. The number of fused-ring (bicyclic) bond motifs is 2. The average molecular weight is 362 g/mol. The van der Waals surface area contributed by atoms with Crippen LogP contribution in [-0.2, 0) is 0 Å². The molecule has 0 radical (unpaired) electrons. The van der Waals surface area contributed by atoms with E-state index in [0.717, 1.165) is 5.56 Å². The fraction of sp³-hybridized carbons (Fsp3) is 0.143. The Kier molecular flexibility index (Phi) is 3.96. The van der Waals surface area contributed by atoms with Crippen LogP contribution in [0.1, 0.15) is 37.8 Å². The molecule has 2 N–H and O–H groups in total. The van der Waals surface area contributed by atoms with Crippen LogP contribution in [0.25, 0.3) is 0 Å². The molecule has 1 aromatic heterocycles. The summed E-state index contributed by atoms with van der Waals surface area (Å²) in [6, 6.07) is 12.2. The zero-order chi connectivity index (χ0) is 19.1. The molecule has 1 aliphatic heterocycles. The van der Waals surface area contributed by atoms with E-state index in [-0.39, 0.29) is 11.8 Å². The Hall–Kier alpha value is -3.54. The lowest BCUT2D eigenvalue weighted by Gasteiger charge is -2.10. The monoisotopic (exact) mass is 362 g/mol. The first-order chi connectivity index (χ1) is 12.9. The molecule has 1 aliphatic rings. The van der Waals surface area contributed by atoms with E-state index in [0.29, 0.717) is 45.5 Å². The number of ether oxygens (including phenoxy) is 1. The molecule has 0 saturated carbocycles. The summed E-state index contributed by atoms with van der Waals surface area (Å²) in [5.41, 5.74) is 2.94. The number of carbonyl (C=O) groups is 2. The minimum Gasteiger partial charge on any atom is -0.466 e. The van der Waals surface area contributed by atoms with Gasteiger partial charge in [-0.2, -0.15) is 0 Å². The summed E-state index contributed by atoms with van der Waals surface area (Å²) in [6.07, 6.45) is 0. The van der Waals surface area contributed by atoms with E-state index in [2.05, 4.69) is 10.6 Å². The normalized spacial score (nSPS) is 12.3. The van der Waals surface area contributed by atoms with Gasteiger partial charge in [-0.3, -0.25) is 9.59 Å². The van der Waals surface area contributed by atoms with E-state index in [4.69, 9.17) is 9.15 Å². The number of carbonyl (C=O) groups excluding carboxylic acids is 2. The van der Waals surface area contributed by atoms with Crippen LogP contribution >= 0.6 is 0 Å². The highest BCUT2D eigenvalue weighted by molar-refractivity contribution is 6.10. The van der Waals surface area contributed by atoms with E-state index >= 15 is 0 Å². The van der Waals surface area contributed by atoms with Crippen molar-refractivity contribution >= 4 is 23.2 Å². The lowest BCUT2D eigenvalue weighted by atomic mass is 10.1. The molecule has 2 heterocycles. The fourth-order valence-corrected chi connectivity index (χ4v) is 3.07. The van der Waals surface area contributed by atoms with Crippen molar-refractivity contribution in [3.05, 3.63) is 70.7 Å². The van der Waals surface area contributed by atoms with Crippen molar-refractivity contribution in [2.45, 2.75) is 20.8 Å². The van der Waals surface area contributed by atoms with Crippen molar-refractivity contribution in [2.75, 3.05) is 10.6 Å². The number of amides is 2. The van der Waals surface area contributed by atoms with Gasteiger partial charge in [0.25, 0.3) is 11.8 Å². The van der Waals surface area contributed by atoms with Crippen molar-refractivity contribution in [1.82, 2.24) is 0 Å². The first-order valence-corrected chi connectivity index (χ1v) is 8.53. The van der Waals surface area contributed by atoms with E-state index in [1.807, 2.05) is 25.1 Å². The fourth-order valence-electron chi connectivity index (χ4n) is 3.07. The molecule has 3 aromatic rings. The maximum Gasteiger partial charge on any atom is 0.259 e. The van der Waals surface area contributed by atoms with Crippen molar-refractivity contribution in [3.8, 4) is 11.5 Å². The largest absolute Gasteiger partial charge is 0.466 e. The molecule has 0 fully saturated rings. The van der Waals surface area contributed by atoms with Crippen LogP contribution in [0.5, 0.6) is 11.5 Å². The third kappa shape index (κ3) is 3.17. The predicted octanol–water partition coefficient (Wildman–Crippen LogP) is 4.82. The van der Waals surface area contributed by atoms with Crippen LogP contribution in [-0.4, -0.2) is 11.8 Å². The maximum absolute atomic E-state index is 12.6. The molecular formula is C21H18N2O4. The van der Waals surface area contributed by atoms with Crippen molar-refractivity contribution in [3.63, 3.8) is 0 Å². The first kappa shape index (κ1) is 16.9. The van der Waals surface area contributed by atoms with Crippen LogP contribution < -0.4 is 15.4 Å². The van der Waals surface area contributed by atoms with Gasteiger partial charge >= 0.3 is 0 Å². The van der Waals surface area contributed by atoms with E-state index in [1.165, 1.54) is 0 Å². The summed E-state index contributed by atoms with van der Waals surface area (Å²) in [6.45, 7) is 5.46. The zero-order valence-corrected chi connectivity index (χ0v) is 15.2. The third-order valence-corrected chi connectivity index (χ3v) is 4.37. The molecule has 27 heavy (non-hydrogen) atoms. The van der Waals surface area contributed by atoms with Crippen molar-refractivity contribution in [2.24, 2.45) is 0 Å². The van der Waals surface area contributed by atoms with Crippen LogP contribution in [0, 0.1) is 20.8 Å². The molecule has 0 unspecified atom stereocenters. The van der Waals surface area contributed by atoms with E-state index in [1.54, 1.807) is 38.1 Å². The van der Waals surface area contributed by atoms with Crippen LogP contribution in [0.2, 0.25) is 0 Å². The van der Waals surface area contributed by atoms with Gasteiger partial charge in [-0.05, 0) is 62.7 Å². The third-order valence-electron chi connectivity index (χ3n) is 4.37. The number of anilines is 2. The molecule has 0 saturated heterocycles. The van der Waals surface area contributed by atoms with Crippen LogP contribution in [0.4, 0.5) is 11.4 Å². The number of hydrogen-bond acceptors (Lipinski definition) is 4. The Labute approximate surface area is 156 Å². The quantitative estimate of drug-likeness (QED) is 0.685. The molecule has 0 aliphatic carbocycles. The summed E-state index contributed by atoms with van der Waals surface area (Å²) < 4.78 is 11.3. The summed E-state index contributed by atoms with van der Waals surface area (Å²) in [5.74, 6) is 1.64. The molecule has 4 rings (SSSR count). The average Bonchev–Trinajstić information content (AvgIpc) is 2.89. The topological polar surface area (TPSA) is 80.6 Å². The Morgan fingerprint density at radius 3 is 2.52 bits per heavy atom.